The van der Waals surface area contributed by atoms with Crippen LogP contribution < -0.4 is 19.1 Å². The fraction of sp³-hybridized carbons (Fsp3) is 0.286. The van der Waals surface area contributed by atoms with Gasteiger partial charge in [-0.05, 0) is 43.7 Å². The van der Waals surface area contributed by atoms with Gasteiger partial charge in [0, 0.05) is 19.7 Å². The first-order valence-corrected chi connectivity index (χ1v) is 13.4. The van der Waals surface area contributed by atoms with Gasteiger partial charge < -0.3 is 19.7 Å². The quantitative estimate of drug-likeness (QED) is 0.401. The third-order valence-corrected chi connectivity index (χ3v) is 7.92. The summed E-state index contributed by atoms with van der Waals surface area (Å²) in [6.45, 7) is 3.18. The Morgan fingerprint density at radius 3 is 2.13 bits per heavy atom. The fourth-order valence-electron chi connectivity index (χ4n) is 3.91. The van der Waals surface area contributed by atoms with E-state index in [-0.39, 0.29) is 23.1 Å². The number of anilines is 1. The number of carbonyl (C=O) groups is 2. The molecule has 3 aromatic carbocycles. The van der Waals surface area contributed by atoms with E-state index in [1.54, 1.807) is 37.3 Å². The molecule has 0 fully saturated rings. The van der Waals surface area contributed by atoms with Crippen LogP contribution in [0.4, 0.5) is 5.69 Å². The zero-order valence-corrected chi connectivity index (χ0v) is 23.0. The largest absolute Gasteiger partial charge is 0.493 e. The van der Waals surface area contributed by atoms with Gasteiger partial charge in [0.2, 0.25) is 11.8 Å². The number of hydrogen-bond acceptors (Lipinski definition) is 6. The molecule has 0 radical (unpaired) electrons. The zero-order valence-electron chi connectivity index (χ0n) is 22.2. The van der Waals surface area contributed by atoms with Gasteiger partial charge in [-0.25, -0.2) is 8.42 Å². The minimum atomic E-state index is -4.22. The van der Waals surface area contributed by atoms with Gasteiger partial charge in [-0.1, -0.05) is 48.0 Å². The van der Waals surface area contributed by atoms with Crippen molar-refractivity contribution in [2.24, 2.45) is 0 Å². The maximum absolute atomic E-state index is 13.9. The lowest BCUT2D eigenvalue weighted by Crippen LogP contribution is -2.50. The van der Waals surface area contributed by atoms with Crippen LogP contribution in [-0.2, 0) is 26.2 Å². The molecular weight excluding hydrogens is 506 g/mol. The Bertz CT molecular complexity index is 1360. The number of hydrogen-bond donors (Lipinski definition) is 1. The highest BCUT2D eigenvalue weighted by Gasteiger charge is 2.32. The zero-order chi connectivity index (χ0) is 27.9. The van der Waals surface area contributed by atoms with Gasteiger partial charge in [-0.3, -0.25) is 13.9 Å². The van der Waals surface area contributed by atoms with E-state index in [0.717, 1.165) is 15.4 Å². The van der Waals surface area contributed by atoms with Gasteiger partial charge in [-0.15, -0.1) is 0 Å². The number of likely N-dealkylation sites (N-methyl/N-ethyl adjacent to an activating group) is 1. The second-order valence-corrected chi connectivity index (χ2v) is 10.5. The van der Waals surface area contributed by atoms with Crippen molar-refractivity contribution in [3.8, 4) is 11.5 Å². The number of ether oxygens (including phenoxy) is 2. The Labute approximate surface area is 224 Å². The van der Waals surface area contributed by atoms with E-state index in [0.29, 0.717) is 11.4 Å². The number of amides is 2. The van der Waals surface area contributed by atoms with Crippen LogP contribution in [0.2, 0.25) is 0 Å². The maximum Gasteiger partial charge on any atom is 0.264 e. The first-order chi connectivity index (χ1) is 18.1. The van der Waals surface area contributed by atoms with Gasteiger partial charge in [-0.2, -0.15) is 0 Å². The summed E-state index contributed by atoms with van der Waals surface area (Å²) < 4.78 is 39.4. The van der Waals surface area contributed by atoms with Crippen LogP contribution in [0.1, 0.15) is 18.1 Å². The van der Waals surface area contributed by atoms with Crippen molar-refractivity contribution in [1.29, 1.82) is 0 Å². The van der Waals surface area contributed by atoms with E-state index in [4.69, 9.17) is 9.47 Å². The Morgan fingerprint density at radius 2 is 1.55 bits per heavy atom. The predicted octanol–water partition coefficient (Wildman–Crippen LogP) is 3.37. The van der Waals surface area contributed by atoms with Crippen molar-refractivity contribution in [3.63, 3.8) is 0 Å². The summed E-state index contributed by atoms with van der Waals surface area (Å²) in [6, 6.07) is 19.3. The van der Waals surface area contributed by atoms with Crippen LogP contribution in [0.3, 0.4) is 0 Å². The molecule has 0 aliphatic heterocycles. The van der Waals surface area contributed by atoms with Crippen LogP contribution in [-0.4, -0.2) is 59.0 Å². The third kappa shape index (κ3) is 6.44. The molecule has 0 bridgehead atoms. The lowest BCUT2D eigenvalue weighted by molar-refractivity contribution is -0.139. The van der Waals surface area contributed by atoms with Crippen LogP contribution in [0, 0.1) is 6.92 Å². The summed E-state index contributed by atoms with van der Waals surface area (Å²) in [5.74, 6) is -0.284. The summed E-state index contributed by atoms with van der Waals surface area (Å²) in [5, 5.41) is 2.57. The number of nitrogens with one attached hydrogen (secondary N) is 1. The van der Waals surface area contributed by atoms with E-state index < -0.39 is 28.5 Å². The minimum Gasteiger partial charge on any atom is -0.493 e. The van der Waals surface area contributed by atoms with Gasteiger partial charge in [0.1, 0.15) is 12.6 Å². The number of aryl methyl sites for hydroxylation is 1. The average Bonchev–Trinajstić information content (AvgIpc) is 2.94. The number of methoxy groups -OCH3 is 2. The standard InChI is InChI=1S/C28H33N3O6S/c1-20-11-13-22(14-12-20)18-30(21(2)28(33)29-3)27(32)19-31(23-9-7-6-8-10-23)38(34,35)24-15-16-25(36-4)26(17-24)37-5/h6-17,21H,18-19H2,1-5H3,(H,29,33). The number of para-hydroxylation sites is 1. The summed E-state index contributed by atoms with van der Waals surface area (Å²) in [7, 11) is 0.139. The normalized spacial score (nSPS) is 11.8. The maximum atomic E-state index is 13.9. The van der Waals surface area contributed by atoms with E-state index in [2.05, 4.69) is 5.32 Å². The second kappa shape index (κ2) is 12.5. The molecule has 2 amide bonds. The first-order valence-electron chi connectivity index (χ1n) is 12.0. The number of sulfonamides is 1. The topological polar surface area (TPSA) is 105 Å². The van der Waals surface area contributed by atoms with E-state index in [1.807, 2.05) is 31.2 Å². The van der Waals surface area contributed by atoms with Crippen molar-refractivity contribution in [2.75, 3.05) is 32.1 Å². The summed E-state index contributed by atoms with van der Waals surface area (Å²) >= 11 is 0. The molecule has 0 aliphatic carbocycles. The molecule has 0 heterocycles. The molecule has 202 valence electrons. The minimum absolute atomic E-state index is 0.0729. The molecule has 1 unspecified atom stereocenters. The van der Waals surface area contributed by atoms with E-state index >= 15 is 0 Å². The first kappa shape index (κ1) is 28.5. The van der Waals surface area contributed by atoms with Gasteiger partial charge in [0.05, 0.1) is 24.8 Å². The van der Waals surface area contributed by atoms with E-state index in [1.165, 1.54) is 44.4 Å². The lowest BCUT2D eigenvalue weighted by atomic mass is 10.1. The van der Waals surface area contributed by atoms with E-state index in [9.17, 15) is 18.0 Å². The van der Waals surface area contributed by atoms with Crippen molar-refractivity contribution in [2.45, 2.75) is 31.3 Å². The third-order valence-electron chi connectivity index (χ3n) is 6.15. The molecule has 1 atom stereocenters. The highest BCUT2D eigenvalue weighted by Crippen LogP contribution is 2.32. The van der Waals surface area contributed by atoms with Crippen LogP contribution in [0.25, 0.3) is 0 Å². The molecule has 38 heavy (non-hydrogen) atoms. The second-order valence-electron chi connectivity index (χ2n) is 8.66. The van der Waals surface area contributed by atoms with Crippen molar-refractivity contribution >= 4 is 27.5 Å². The Kier molecular flexibility index (Phi) is 9.35. The fourth-order valence-corrected chi connectivity index (χ4v) is 5.34. The molecule has 1 N–H and O–H groups in total. The molecule has 3 aromatic rings. The average molecular weight is 540 g/mol. The summed E-state index contributed by atoms with van der Waals surface area (Å²) in [5.41, 5.74) is 2.18. The molecule has 0 aliphatic rings. The predicted molar refractivity (Wildman–Crippen MR) is 146 cm³/mol. The number of nitrogens with zero attached hydrogens (tertiary/aromatic N) is 2. The van der Waals surface area contributed by atoms with Crippen molar-refractivity contribution < 1.29 is 27.5 Å². The summed E-state index contributed by atoms with van der Waals surface area (Å²) in [6.07, 6.45) is 0. The molecule has 0 aromatic heterocycles. The Morgan fingerprint density at radius 1 is 0.921 bits per heavy atom. The Balaban J connectivity index is 2.03. The van der Waals surface area contributed by atoms with Crippen molar-refractivity contribution in [1.82, 2.24) is 10.2 Å². The van der Waals surface area contributed by atoms with Crippen molar-refractivity contribution in [3.05, 3.63) is 83.9 Å². The van der Waals surface area contributed by atoms with Crippen LogP contribution >= 0.6 is 0 Å². The molecule has 0 saturated heterocycles. The molecule has 0 spiro atoms. The highest BCUT2D eigenvalue weighted by molar-refractivity contribution is 7.92. The molecule has 10 heteroatoms. The number of rotatable bonds is 11. The van der Waals surface area contributed by atoms with Gasteiger partial charge in [0.25, 0.3) is 10.0 Å². The SMILES string of the molecule is CNC(=O)C(C)N(Cc1ccc(C)cc1)C(=O)CN(c1ccccc1)S(=O)(=O)c1ccc(OC)c(OC)c1. The number of benzene rings is 3. The monoisotopic (exact) mass is 539 g/mol. The van der Waals surface area contributed by atoms with Crippen LogP contribution in [0.15, 0.2) is 77.7 Å². The highest BCUT2D eigenvalue weighted by atomic mass is 32.2. The van der Waals surface area contributed by atoms with Crippen LogP contribution in [0.5, 0.6) is 11.5 Å². The summed E-state index contributed by atoms with van der Waals surface area (Å²) in [4.78, 5) is 27.6. The van der Waals surface area contributed by atoms with Gasteiger partial charge in [0.15, 0.2) is 11.5 Å². The molecule has 3 rings (SSSR count). The number of carbonyl (C=O) groups excluding carboxylic acids is 2. The lowest BCUT2D eigenvalue weighted by Gasteiger charge is -2.31. The van der Waals surface area contributed by atoms with Gasteiger partial charge >= 0.3 is 0 Å². The Hall–Kier alpha value is -4.05. The molecular formula is C28H33N3O6S. The molecule has 0 saturated carbocycles. The molecule has 9 nitrogen and oxygen atoms in total. The smallest absolute Gasteiger partial charge is 0.264 e.